The monoisotopic (exact) mass is 592 g/mol. The van der Waals surface area contributed by atoms with Crippen LogP contribution in [0.25, 0.3) is 6.08 Å². The van der Waals surface area contributed by atoms with Gasteiger partial charge in [0.05, 0.1) is 16.8 Å². The summed E-state index contributed by atoms with van der Waals surface area (Å²) in [6.45, 7) is 0. The Morgan fingerprint density at radius 3 is 2.38 bits per heavy atom. The summed E-state index contributed by atoms with van der Waals surface area (Å²) in [6.07, 6.45) is -3.65. The molecule has 0 unspecified atom stereocenters. The Balaban J connectivity index is 1.71. The van der Waals surface area contributed by atoms with E-state index < -0.39 is 41.1 Å². The molecule has 1 aliphatic rings. The van der Waals surface area contributed by atoms with Gasteiger partial charge in [0, 0.05) is 15.1 Å². The Morgan fingerprint density at radius 1 is 1.00 bits per heavy atom. The molecule has 12 heteroatoms. The highest BCUT2D eigenvalue weighted by Crippen LogP contribution is 2.33. The number of nitrogens with one attached hydrogen (secondary N) is 1. The quantitative estimate of drug-likeness (QED) is 0.173. The zero-order chi connectivity index (χ0) is 26.9. The minimum Gasteiger partial charge on any atom is -0.422 e. The van der Waals surface area contributed by atoms with Gasteiger partial charge >= 0.3 is 18.2 Å². The van der Waals surface area contributed by atoms with Crippen molar-refractivity contribution in [1.29, 1.82) is 0 Å². The first-order valence-corrected chi connectivity index (χ1v) is 11.5. The van der Waals surface area contributed by atoms with Crippen molar-refractivity contribution in [3.05, 3.63) is 98.5 Å². The molecule has 1 fully saturated rings. The number of hydrogen-bond donors (Lipinski definition) is 1. The van der Waals surface area contributed by atoms with Gasteiger partial charge in [0.1, 0.15) is 11.3 Å². The summed E-state index contributed by atoms with van der Waals surface area (Å²) in [4.78, 5) is 51.1. The molecule has 3 aromatic carbocycles. The number of alkyl halides is 3. The van der Waals surface area contributed by atoms with Gasteiger partial charge in [-0.2, -0.15) is 13.2 Å². The topological polar surface area (TPSA) is 92.8 Å². The van der Waals surface area contributed by atoms with E-state index in [2.05, 4.69) is 15.9 Å². The minimum atomic E-state index is -4.72. The summed E-state index contributed by atoms with van der Waals surface area (Å²) >= 11 is 9.09. The number of urea groups is 1. The highest BCUT2D eigenvalue weighted by molar-refractivity contribution is 9.10. The Kier molecular flexibility index (Phi) is 7.19. The van der Waals surface area contributed by atoms with Gasteiger partial charge < -0.3 is 4.74 Å². The van der Waals surface area contributed by atoms with Gasteiger partial charge in [-0.25, -0.2) is 14.5 Å². The lowest BCUT2D eigenvalue weighted by atomic mass is 10.1. The number of rotatable bonds is 4. The lowest BCUT2D eigenvalue weighted by molar-refractivity contribution is -0.137. The number of imide groups is 2. The lowest BCUT2D eigenvalue weighted by Crippen LogP contribution is -2.54. The minimum absolute atomic E-state index is 0.0289. The molecular formula is C25H13BrClF3N2O5. The molecule has 37 heavy (non-hydrogen) atoms. The zero-order valence-corrected chi connectivity index (χ0v) is 20.6. The average Bonchev–Trinajstić information content (AvgIpc) is 2.83. The highest BCUT2D eigenvalue weighted by Gasteiger charge is 2.38. The molecule has 0 radical (unpaired) electrons. The van der Waals surface area contributed by atoms with Gasteiger partial charge in [-0.1, -0.05) is 33.6 Å². The number of amides is 4. The van der Waals surface area contributed by atoms with Crippen LogP contribution in [-0.4, -0.2) is 23.8 Å². The number of ether oxygens (including phenoxy) is 1. The maximum atomic E-state index is 13.2. The fourth-order valence-electron chi connectivity index (χ4n) is 3.34. The van der Waals surface area contributed by atoms with E-state index in [1.165, 1.54) is 36.4 Å². The Bertz CT molecular complexity index is 1470. The number of barbiturate groups is 1. The smallest absolute Gasteiger partial charge is 0.416 e. The Hall–Kier alpha value is -3.96. The molecule has 0 aromatic heterocycles. The van der Waals surface area contributed by atoms with Crippen LogP contribution in [0.2, 0.25) is 5.02 Å². The van der Waals surface area contributed by atoms with E-state index in [0.717, 1.165) is 24.3 Å². The summed E-state index contributed by atoms with van der Waals surface area (Å²) in [7, 11) is 0. The molecule has 0 aliphatic carbocycles. The number of halogens is 5. The third-order valence-corrected chi connectivity index (χ3v) is 5.83. The van der Waals surface area contributed by atoms with Gasteiger partial charge in [0.15, 0.2) is 0 Å². The summed E-state index contributed by atoms with van der Waals surface area (Å²) in [5.74, 6) is -3.02. The first-order valence-electron chi connectivity index (χ1n) is 10.3. The van der Waals surface area contributed by atoms with E-state index in [9.17, 15) is 32.3 Å². The van der Waals surface area contributed by atoms with Gasteiger partial charge in [-0.15, -0.1) is 0 Å². The lowest BCUT2D eigenvalue weighted by Gasteiger charge is -2.27. The third-order valence-electron chi connectivity index (χ3n) is 5.09. The normalized spacial score (nSPS) is 15.1. The second kappa shape index (κ2) is 10.2. The number of anilines is 1. The van der Waals surface area contributed by atoms with Crippen molar-refractivity contribution in [1.82, 2.24) is 5.32 Å². The first kappa shape index (κ1) is 26.1. The van der Waals surface area contributed by atoms with E-state index in [-0.39, 0.29) is 22.6 Å². The van der Waals surface area contributed by atoms with Crippen LogP contribution in [0.5, 0.6) is 5.75 Å². The van der Waals surface area contributed by atoms with Crippen molar-refractivity contribution in [3.63, 3.8) is 0 Å². The second-order valence-electron chi connectivity index (χ2n) is 7.58. The van der Waals surface area contributed by atoms with Crippen molar-refractivity contribution in [3.8, 4) is 5.75 Å². The average molecular weight is 594 g/mol. The van der Waals surface area contributed by atoms with Crippen molar-refractivity contribution < 1.29 is 37.1 Å². The van der Waals surface area contributed by atoms with Crippen LogP contribution in [-0.2, 0) is 15.8 Å². The molecule has 0 saturated carbocycles. The summed E-state index contributed by atoms with van der Waals surface area (Å²) in [6, 6.07) is 12.6. The fourth-order valence-corrected chi connectivity index (χ4v) is 3.84. The second-order valence-corrected chi connectivity index (χ2v) is 8.94. The predicted molar refractivity (Wildman–Crippen MR) is 131 cm³/mol. The predicted octanol–water partition coefficient (Wildman–Crippen LogP) is 6.01. The molecule has 1 aliphatic heterocycles. The third kappa shape index (κ3) is 5.73. The molecule has 3 aromatic rings. The fraction of sp³-hybridized carbons (Fsp3) is 0.0400. The van der Waals surface area contributed by atoms with Crippen molar-refractivity contribution in [2.45, 2.75) is 6.18 Å². The van der Waals surface area contributed by atoms with E-state index in [0.29, 0.717) is 20.5 Å². The molecule has 0 spiro atoms. The van der Waals surface area contributed by atoms with Crippen molar-refractivity contribution in [2.24, 2.45) is 0 Å². The van der Waals surface area contributed by atoms with Crippen LogP contribution in [0.1, 0.15) is 21.5 Å². The molecule has 1 heterocycles. The van der Waals surface area contributed by atoms with Gasteiger partial charge in [0.25, 0.3) is 11.8 Å². The summed E-state index contributed by atoms with van der Waals surface area (Å²) in [5.41, 5.74) is -1.76. The largest absolute Gasteiger partial charge is 0.422 e. The van der Waals surface area contributed by atoms with Gasteiger partial charge in [-0.05, 0) is 66.7 Å². The number of esters is 1. The zero-order valence-electron chi connectivity index (χ0n) is 18.3. The number of carbonyl (C=O) groups excluding carboxylic acids is 4. The van der Waals surface area contributed by atoms with Crippen LogP contribution in [0.4, 0.5) is 23.7 Å². The maximum absolute atomic E-state index is 13.2. The maximum Gasteiger partial charge on any atom is 0.416 e. The molecule has 1 N–H and O–H groups in total. The molecular weight excluding hydrogens is 581 g/mol. The van der Waals surface area contributed by atoms with E-state index >= 15 is 0 Å². The van der Waals surface area contributed by atoms with E-state index in [1.54, 1.807) is 6.07 Å². The van der Waals surface area contributed by atoms with E-state index in [1.807, 2.05) is 5.32 Å². The van der Waals surface area contributed by atoms with Crippen LogP contribution in [0.3, 0.4) is 0 Å². The van der Waals surface area contributed by atoms with Crippen molar-refractivity contribution in [2.75, 3.05) is 4.90 Å². The van der Waals surface area contributed by atoms with Crippen LogP contribution in [0.15, 0.2) is 76.8 Å². The molecule has 1 saturated heterocycles. The van der Waals surface area contributed by atoms with Crippen LogP contribution in [0, 0.1) is 0 Å². The number of benzene rings is 3. The molecule has 188 valence electrons. The van der Waals surface area contributed by atoms with Gasteiger partial charge in [0.2, 0.25) is 0 Å². The summed E-state index contributed by atoms with van der Waals surface area (Å²) in [5, 5.41) is 2.35. The Morgan fingerprint density at radius 2 is 1.70 bits per heavy atom. The molecule has 4 amide bonds. The standard InChI is InChI=1S/C25H13BrClF3N2O5/c26-16-6-9-20(37-23(35)13-4-7-17(27)8-5-13)14(10-16)11-19-21(33)31-24(36)32(22(19)34)18-3-1-2-15(12-18)25(28,29)30/h1-12H,(H,31,33,36)/b19-11-. The molecule has 0 bridgehead atoms. The van der Waals surface area contributed by atoms with Crippen LogP contribution >= 0.6 is 27.5 Å². The van der Waals surface area contributed by atoms with E-state index in [4.69, 9.17) is 16.3 Å². The highest BCUT2D eigenvalue weighted by atomic mass is 79.9. The van der Waals surface area contributed by atoms with Gasteiger partial charge in [-0.3, -0.25) is 14.9 Å². The van der Waals surface area contributed by atoms with Crippen LogP contribution < -0.4 is 15.0 Å². The molecule has 7 nitrogen and oxygen atoms in total. The Labute approximate surface area is 220 Å². The number of hydrogen-bond acceptors (Lipinski definition) is 5. The SMILES string of the molecule is O=C1NC(=O)N(c2cccc(C(F)(F)F)c2)C(=O)/C1=C\c1cc(Br)ccc1OC(=O)c1ccc(Cl)cc1. The van der Waals surface area contributed by atoms with Crippen molar-refractivity contribution >= 4 is 63.1 Å². The molecule has 4 rings (SSSR count). The number of nitrogens with zero attached hydrogens (tertiary/aromatic N) is 1. The first-order chi connectivity index (χ1) is 17.4. The number of carbonyl (C=O) groups is 4. The molecule has 0 atom stereocenters. The summed E-state index contributed by atoms with van der Waals surface area (Å²) < 4.78 is 45.4.